The van der Waals surface area contributed by atoms with Gasteiger partial charge in [-0.15, -0.1) is 0 Å². The molecular formula is C10H11F2N3. The number of fused-ring (bicyclic) bond motifs is 1. The summed E-state index contributed by atoms with van der Waals surface area (Å²) in [5, 5.41) is 4.46. The van der Waals surface area contributed by atoms with E-state index in [0.717, 1.165) is 0 Å². The average Bonchev–Trinajstić information content (AvgIpc) is 2.58. The van der Waals surface area contributed by atoms with Gasteiger partial charge in [-0.05, 0) is 19.9 Å². The molecule has 2 heterocycles. The minimum Gasteiger partial charge on any atom is -0.248 e. The van der Waals surface area contributed by atoms with Crippen molar-refractivity contribution in [2.75, 3.05) is 0 Å². The van der Waals surface area contributed by atoms with Crippen LogP contribution >= 0.6 is 0 Å². The second kappa shape index (κ2) is 3.56. The lowest BCUT2D eigenvalue weighted by Gasteiger charge is -2.04. The van der Waals surface area contributed by atoms with Crippen molar-refractivity contribution >= 4 is 11.0 Å². The average molecular weight is 211 g/mol. The molecule has 0 saturated heterocycles. The molecule has 0 amide bonds. The Morgan fingerprint density at radius 3 is 2.80 bits per heavy atom. The van der Waals surface area contributed by atoms with Crippen LogP contribution in [0.2, 0.25) is 0 Å². The first-order chi connectivity index (χ1) is 7.13. The number of rotatable bonds is 2. The van der Waals surface area contributed by atoms with Crippen LogP contribution in [-0.2, 0) is 6.54 Å². The zero-order chi connectivity index (χ0) is 11.0. The van der Waals surface area contributed by atoms with E-state index < -0.39 is 6.43 Å². The van der Waals surface area contributed by atoms with Crippen LogP contribution in [0.1, 0.15) is 24.6 Å². The van der Waals surface area contributed by atoms with Crippen molar-refractivity contribution in [2.45, 2.75) is 26.8 Å². The normalized spacial score (nSPS) is 11.5. The molecule has 0 N–H and O–H groups in total. The largest absolute Gasteiger partial charge is 0.264 e. The van der Waals surface area contributed by atoms with Crippen LogP contribution in [0.15, 0.2) is 12.3 Å². The fourth-order valence-electron chi connectivity index (χ4n) is 1.61. The summed E-state index contributed by atoms with van der Waals surface area (Å²) in [6, 6.07) is 1.41. The van der Waals surface area contributed by atoms with E-state index in [9.17, 15) is 8.78 Å². The van der Waals surface area contributed by atoms with Gasteiger partial charge in [0, 0.05) is 23.2 Å². The second-order valence-corrected chi connectivity index (χ2v) is 3.35. The van der Waals surface area contributed by atoms with E-state index in [1.54, 1.807) is 11.6 Å². The third-order valence-electron chi connectivity index (χ3n) is 2.30. The van der Waals surface area contributed by atoms with Gasteiger partial charge in [0.2, 0.25) is 0 Å². The highest BCUT2D eigenvalue weighted by atomic mass is 19.3. The summed E-state index contributed by atoms with van der Waals surface area (Å²) in [4.78, 5) is 4.22. The summed E-state index contributed by atoms with van der Waals surface area (Å²) < 4.78 is 27.1. The van der Waals surface area contributed by atoms with Crippen molar-refractivity contribution in [1.82, 2.24) is 14.8 Å². The van der Waals surface area contributed by atoms with Crippen LogP contribution in [-0.4, -0.2) is 14.8 Å². The van der Waals surface area contributed by atoms with E-state index in [-0.39, 0.29) is 5.56 Å². The molecule has 5 heteroatoms. The molecule has 0 radical (unpaired) electrons. The maximum absolute atomic E-state index is 12.7. The lowest BCUT2D eigenvalue weighted by molar-refractivity contribution is 0.153. The van der Waals surface area contributed by atoms with Crippen molar-refractivity contribution in [2.24, 2.45) is 0 Å². The molecule has 2 aromatic heterocycles. The molecule has 0 aliphatic rings. The van der Waals surface area contributed by atoms with E-state index in [0.29, 0.717) is 23.3 Å². The number of nitrogens with zero attached hydrogens (tertiary/aromatic N) is 3. The number of halogens is 2. The molecule has 0 bridgehead atoms. The molecule has 0 fully saturated rings. The number of hydrogen-bond donors (Lipinski definition) is 0. The number of aryl methyl sites for hydroxylation is 2. The zero-order valence-corrected chi connectivity index (χ0v) is 8.54. The van der Waals surface area contributed by atoms with Crippen LogP contribution < -0.4 is 0 Å². The molecule has 0 aliphatic carbocycles. The van der Waals surface area contributed by atoms with Gasteiger partial charge in [0.25, 0.3) is 6.43 Å². The van der Waals surface area contributed by atoms with Gasteiger partial charge in [0.05, 0.1) is 6.20 Å². The number of alkyl halides is 2. The molecule has 3 nitrogen and oxygen atoms in total. The molecule has 0 unspecified atom stereocenters. The minimum absolute atomic E-state index is 0.0113. The van der Waals surface area contributed by atoms with E-state index >= 15 is 0 Å². The fraction of sp³-hybridized carbons (Fsp3) is 0.400. The van der Waals surface area contributed by atoms with Crippen molar-refractivity contribution < 1.29 is 8.78 Å². The monoisotopic (exact) mass is 211 g/mol. The molecule has 2 rings (SSSR count). The van der Waals surface area contributed by atoms with E-state index in [4.69, 9.17) is 0 Å². The quantitative estimate of drug-likeness (QED) is 0.764. The summed E-state index contributed by atoms with van der Waals surface area (Å²) in [6.07, 6.45) is -1.03. The van der Waals surface area contributed by atoms with Gasteiger partial charge in [-0.2, -0.15) is 5.10 Å². The van der Waals surface area contributed by atoms with Gasteiger partial charge in [-0.1, -0.05) is 0 Å². The van der Waals surface area contributed by atoms with Crippen LogP contribution in [0.3, 0.4) is 0 Å². The Morgan fingerprint density at radius 2 is 2.20 bits per heavy atom. The van der Waals surface area contributed by atoms with Crippen LogP contribution in [0.25, 0.3) is 11.0 Å². The van der Waals surface area contributed by atoms with Crippen LogP contribution in [0.4, 0.5) is 8.78 Å². The predicted octanol–water partition coefficient (Wildman–Crippen LogP) is 2.70. The maximum atomic E-state index is 12.7. The third kappa shape index (κ3) is 1.58. The Labute approximate surface area is 85.7 Å². The van der Waals surface area contributed by atoms with Gasteiger partial charge >= 0.3 is 0 Å². The van der Waals surface area contributed by atoms with Crippen molar-refractivity contribution in [3.8, 4) is 0 Å². The second-order valence-electron chi connectivity index (χ2n) is 3.35. The summed E-state index contributed by atoms with van der Waals surface area (Å²) >= 11 is 0. The van der Waals surface area contributed by atoms with E-state index in [2.05, 4.69) is 10.1 Å². The SMILES string of the molecule is CCn1ncc2c(C(F)F)cc(C)nc21. The van der Waals surface area contributed by atoms with Crippen molar-refractivity contribution in [1.29, 1.82) is 0 Å². The molecule has 0 aromatic carbocycles. The summed E-state index contributed by atoms with van der Waals surface area (Å²) in [5.41, 5.74) is 1.14. The molecule has 0 aliphatic heterocycles. The molecule has 80 valence electrons. The summed E-state index contributed by atoms with van der Waals surface area (Å²) in [7, 11) is 0. The first-order valence-electron chi connectivity index (χ1n) is 4.74. The highest BCUT2D eigenvalue weighted by Gasteiger charge is 2.15. The highest BCUT2D eigenvalue weighted by molar-refractivity contribution is 5.79. The Hall–Kier alpha value is -1.52. The van der Waals surface area contributed by atoms with E-state index in [1.165, 1.54) is 12.3 Å². The first-order valence-corrected chi connectivity index (χ1v) is 4.74. The Kier molecular flexibility index (Phi) is 2.38. The van der Waals surface area contributed by atoms with Gasteiger partial charge in [-0.3, -0.25) is 0 Å². The summed E-state index contributed by atoms with van der Waals surface area (Å²) in [5.74, 6) is 0. The van der Waals surface area contributed by atoms with E-state index in [1.807, 2.05) is 6.92 Å². The summed E-state index contributed by atoms with van der Waals surface area (Å²) in [6.45, 7) is 4.24. The van der Waals surface area contributed by atoms with Gasteiger partial charge < -0.3 is 0 Å². The molecule has 0 atom stereocenters. The van der Waals surface area contributed by atoms with Crippen molar-refractivity contribution in [3.63, 3.8) is 0 Å². The molecule has 2 aromatic rings. The highest BCUT2D eigenvalue weighted by Crippen LogP contribution is 2.27. The zero-order valence-electron chi connectivity index (χ0n) is 8.54. The standard InChI is InChI=1S/C10H11F2N3/c1-3-15-10-8(5-13-15)7(9(11)12)4-6(2)14-10/h4-5,9H,3H2,1-2H3. The smallest absolute Gasteiger partial charge is 0.248 e. The lowest BCUT2D eigenvalue weighted by Crippen LogP contribution is -1.99. The van der Waals surface area contributed by atoms with Gasteiger partial charge in [0.1, 0.15) is 0 Å². The fourth-order valence-corrected chi connectivity index (χ4v) is 1.61. The molecule has 15 heavy (non-hydrogen) atoms. The number of pyridine rings is 1. The number of aromatic nitrogens is 3. The Bertz CT molecular complexity index is 491. The van der Waals surface area contributed by atoms with Crippen LogP contribution in [0, 0.1) is 6.92 Å². The maximum Gasteiger partial charge on any atom is 0.264 e. The number of hydrogen-bond acceptors (Lipinski definition) is 2. The minimum atomic E-state index is -2.48. The van der Waals surface area contributed by atoms with Gasteiger partial charge in [0.15, 0.2) is 5.65 Å². The van der Waals surface area contributed by atoms with Gasteiger partial charge in [-0.25, -0.2) is 18.4 Å². The lowest BCUT2D eigenvalue weighted by atomic mass is 10.2. The van der Waals surface area contributed by atoms with Crippen molar-refractivity contribution in [3.05, 3.63) is 23.5 Å². The molecule has 0 saturated carbocycles. The predicted molar refractivity (Wildman–Crippen MR) is 52.9 cm³/mol. The molecule has 0 spiro atoms. The first kappa shape index (κ1) is 10.0. The Balaban J connectivity index is 2.76. The third-order valence-corrected chi connectivity index (χ3v) is 2.30. The van der Waals surface area contributed by atoms with Crippen LogP contribution in [0.5, 0.6) is 0 Å². The topological polar surface area (TPSA) is 30.7 Å². The Morgan fingerprint density at radius 1 is 1.47 bits per heavy atom. The molecular weight excluding hydrogens is 200 g/mol.